The minimum absolute atomic E-state index is 0.288. The van der Waals surface area contributed by atoms with Gasteiger partial charge in [0.1, 0.15) is 5.56 Å². The van der Waals surface area contributed by atoms with Crippen molar-refractivity contribution < 1.29 is 14.6 Å². The Morgan fingerprint density at radius 2 is 2.16 bits per heavy atom. The molecule has 0 aliphatic carbocycles. The molecule has 0 aliphatic heterocycles. The van der Waals surface area contributed by atoms with Crippen LogP contribution in [0, 0.1) is 0 Å². The van der Waals surface area contributed by atoms with Crippen LogP contribution in [0.25, 0.3) is 0 Å². The number of H-pyrrole nitrogens is 1. The maximum absolute atomic E-state index is 11.5. The van der Waals surface area contributed by atoms with Crippen LogP contribution in [0.3, 0.4) is 0 Å². The molecule has 0 spiro atoms. The van der Waals surface area contributed by atoms with Crippen molar-refractivity contribution in [2.45, 2.75) is 6.54 Å². The van der Waals surface area contributed by atoms with E-state index in [1.54, 1.807) is 7.11 Å². The third-order valence-electron chi connectivity index (χ3n) is 2.64. The zero-order chi connectivity index (χ0) is 14.4. The Bertz CT molecular complexity index is 548. The van der Waals surface area contributed by atoms with Gasteiger partial charge in [-0.05, 0) is 7.05 Å². The van der Waals surface area contributed by atoms with Crippen molar-refractivity contribution in [2.75, 3.05) is 33.9 Å². The van der Waals surface area contributed by atoms with Crippen LogP contribution < -0.4 is 11.2 Å². The average molecular weight is 271 g/mol. The van der Waals surface area contributed by atoms with Crippen LogP contribution in [-0.2, 0) is 11.3 Å². The van der Waals surface area contributed by atoms with E-state index in [0.29, 0.717) is 19.7 Å². The molecule has 0 unspecified atom stereocenters. The molecule has 0 atom stereocenters. The summed E-state index contributed by atoms with van der Waals surface area (Å²) >= 11 is 0. The number of ether oxygens (including phenoxy) is 1. The van der Waals surface area contributed by atoms with E-state index < -0.39 is 22.8 Å². The van der Waals surface area contributed by atoms with Crippen molar-refractivity contribution in [1.29, 1.82) is 0 Å². The monoisotopic (exact) mass is 271 g/mol. The first-order valence-electron chi connectivity index (χ1n) is 5.70. The summed E-state index contributed by atoms with van der Waals surface area (Å²) < 4.78 is 6.09. The lowest BCUT2D eigenvalue weighted by Crippen LogP contribution is -2.36. The van der Waals surface area contributed by atoms with E-state index in [2.05, 4.69) is 0 Å². The first kappa shape index (κ1) is 15.1. The fourth-order valence-electron chi connectivity index (χ4n) is 1.47. The summed E-state index contributed by atoms with van der Waals surface area (Å²) in [5.74, 6) is -1.36. The molecule has 106 valence electrons. The Balaban J connectivity index is 2.79. The van der Waals surface area contributed by atoms with E-state index in [1.807, 2.05) is 16.9 Å². The Labute approximate surface area is 109 Å². The van der Waals surface area contributed by atoms with Gasteiger partial charge in [-0.15, -0.1) is 0 Å². The molecule has 8 heteroatoms. The van der Waals surface area contributed by atoms with E-state index in [-0.39, 0.29) is 6.54 Å². The fraction of sp³-hybridized carbons (Fsp3) is 0.545. The summed E-state index contributed by atoms with van der Waals surface area (Å²) in [5, 5.41) is 8.81. The molecule has 0 amide bonds. The lowest BCUT2D eigenvalue weighted by Gasteiger charge is -2.16. The Hall–Kier alpha value is -1.93. The van der Waals surface area contributed by atoms with Gasteiger partial charge in [0.15, 0.2) is 0 Å². The minimum Gasteiger partial charge on any atom is -0.477 e. The molecule has 1 aromatic rings. The summed E-state index contributed by atoms with van der Waals surface area (Å²) in [6.45, 7) is 2.09. The van der Waals surface area contributed by atoms with Crippen molar-refractivity contribution in [3.05, 3.63) is 32.6 Å². The molecule has 0 aromatic carbocycles. The number of carboxylic acid groups (broad SMARTS) is 1. The number of nitrogens with zero attached hydrogens (tertiary/aromatic N) is 2. The topological polar surface area (TPSA) is 105 Å². The molecule has 0 aliphatic rings. The fourth-order valence-corrected chi connectivity index (χ4v) is 1.47. The van der Waals surface area contributed by atoms with Crippen LogP contribution in [-0.4, -0.2) is 59.4 Å². The van der Waals surface area contributed by atoms with Crippen molar-refractivity contribution in [1.82, 2.24) is 14.5 Å². The molecule has 0 saturated heterocycles. The number of nitrogens with one attached hydrogen (secondary N) is 1. The van der Waals surface area contributed by atoms with Gasteiger partial charge in [-0.25, -0.2) is 9.59 Å². The first-order chi connectivity index (χ1) is 8.95. The predicted molar refractivity (Wildman–Crippen MR) is 67.7 cm³/mol. The zero-order valence-electron chi connectivity index (χ0n) is 10.9. The van der Waals surface area contributed by atoms with E-state index >= 15 is 0 Å². The molecule has 0 radical (unpaired) electrons. The summed E-state index contributed by atoms with van der Waals surface area (Å²) in [6, 6.07) is 0. The van der Waals surface area contributed by atoms with Crippen LogP contribution >= 0.6 is 0 Å². The van der Waals surface area contributed by atoms with Gasteiger partial charge in [0.05, 0.1) is 6.61 Å². The van der Waals surface area contributed by atoms with Gasteiger partial charge in [-0.2, -0.15) is 0 Å². The van der Waals surface area contributed by atoms with Crippen molar-refractivity contribution >= 4 is 5.97 Å². The van der Waals surface area contributed by atoms with Crippen LogP contribution in [0.1, 0.15) is 10.4 Å². The Morgan fingerprint density at radius 1 is 1.47 bits per heavy atom. The highest BCUT2D eigenvalue weighted by atomic mass is 16.5. The maximum atomic E-state index is 11.5. The van der Waals surface area contributed by atoms with Crippen molar-refractivity contribution in [3.63, 3.8) is 0 Å². The van der Waals surface area contributed by atoms with Crippen LogP contribution in [0.5, 0.6) is 0 Å². The molecule has 0 saturated carbocycles. The molecular weight excluding hydrogens is 254 g/mol. The predicted octanol–water partition coefficient (Wildman–Crippen LogP) is -1.19. The van der Waals surface area contributed by atoms with Crippen molar-refractivity contribution in [3.8, 4) is 0 Å². The Morgan fingerprint density at radius 3 is 2.74 bits per heavy atom. The minimum atomic E-state index is -1.36. The summed E-state index contributed by atoms with van der Waals surface area (Å²) in [4.78, 5) is 37.5. The average Bonchev–Trinajstić information content (AvgIpc) is 2.34. The summed E-state index contributed by atoms with van der Waals surface area (Å²) in [5.41, 5.74) is -1.95. The van der Waals surface area contributed by atoms with Gasteiger partial charge >= 0.3 is 11.7 Å². The maximum Gasteiger partial charge on any atom is 0.342 e. The second-order valence-electron chi connectivity index (χ2n) is 4.10. The number of aromatic nitrogens is 2. The molecule has 1 rings (SSSR count). The second kappa shape index (κ2) is 6.86. The number of likely N-dealkylation sites (N-methyl/N-ethyl adjacent to an activating group) is 1. The Kier molecular flexibility index (Phi) is 5.46. The molecule has 1 heterocycles. The molecule has 19 heavy (non-hydrogen) atoms. The number of carboxylic acids is 1. The molecular formula is C11H17N3O5. The van der Waals surface area contributed by atoms with Gasteiger partial charge in [0.25, 0.3) is 5.56 Å². The lowest BCUT2D eigenvalue weighted by atomic mass is 10.3. The van der Waals surface area contributed by atoms with E-state index in [4.69, 9.17) is 9.84 Å². The third-order valence-corrected chi connectivity index (χ3v) is 2.64. The lowest BCUT2D eigenvalue weighted by molar-refractivity contribution is 0.0693. The molecule has 8 nitrogen and oxygen atoms in total. The number of aromatic amines is 1. The van der Waals surface area contributed by atoms with Gasteiger partial charge in [0, 0.05) is 32.9 Å². The standard InChI is InChI=1S/C11H17N3O5/c1-13(5-6-19-2)3-4-14-7-8(10(16)17)9(15)12-11(14)18/h7H,3-6H2,1-2H3,(H,16,17)(H,12,15,18). The van der Waals surface area contributed by atoms with E-state index in [0.717, 1.165) is 6.20 Å². The van der Waals surface area contributed by atoms with E-state index in [1.165, 1.54) is 4.57 Å². The highest BCUT2D eigenvalue weighted by Crippen LogP contribution is 1.90. The SMILES string of the molecule is COCCN(C)CCn1cc(C(=O)O)c(=O)[nH]c1=O. The smallest absolute Gasteiger partial charge is 0.342 e. The third kappa shape index (κ3) is 4.34. The highest BCUT2D eigenvalue weighted by Gasteiger charge is 2.11. The van der Waals surface area contributed by atoms with Gasteiger partial charge in [-0.1, -0.05) is 0 Å². The molecule has 0 bridgehead atoms. The van der Waals surface area contributed by atoms with Gasteiger partial charge in [-0.3, -0.25) is 14.3 Å². The van der Waals surface area contributed by atoms with Crippen molar-refractivity contribution in [2.24, 2.45) is 0 Å². The first-order valence-corrected chi connectivity index (χ1v) is 5.70. The molecule has 2 N–H and O–H groups in total. The molecule has 1 aromatic heterocycles. The number of methoxy groups -OCH3 is 1. The largest absolute Gasteiger partial charge is 0.477 e. The quantitative estimate of drug-likeness (QED) is 0.646. The summed E-state index contributed by atoms with van der Waals surface area (Å²) in [6.07, 6.45) is 1.06. The number of carbonyl (C=O) groups is 1. The summed E-state index contributed by atoms with van der Waals surface area (Å²) in [7, 11) is 3.45. The number of rotatable bonds is 7. The highest BCUT2D eigenvalue weighted by molar-refractivity contribution is 5.86. The van der Waals surface area contributed by atoms with Gasteiger partial charge in [0.2, 0.25) is 0 Å². The number of hydrogen-bond acceptors (Lipinski definition) is 5. The second-order valence-corrected chi connectivity index (χ2v) is 4.10. The van der Waals surface area contributed by atoms with Crippen LogP contribution in [0.15, 0.2) is 15.8 Å². The van der Waals surface area contributed by atoms with Crippen LogP contribution in [0.2, 0.25) is 0 Å². The van der Waals surface area contributed by atoms with Crippen LogP contribution in [0.4, 0.5) is 0 Å². The molecule has 0 fully saturated rings. The normalized spacial score (nSPS) is 10.9. The number of hydrogen-bond donors (Lipinski definition) is 2. The number of aromatic carboxylic acids is 1. The van der Waals surface area contributed by atoms with Gasteiger partial charge < -0.3 is 14.7 Å². The zero-order valence-corrected chi connectivity index (χ0v) is 10.9. The van der Waals surface area contributed by atoms with E-state index in [9.17, 15) is 14.4 Å².